The van der Waals surface area contributed by atoms with Gasteiger partial charge in [-0.1, -0.05) is 19.3 Å². The lowest BCUT2D eigenvalue weighted by Gasteiger charge is -2.45. The maximum absolute atomic E-state index is 14.0. The molecule has 3 saturated carbocycles. The highest BCUT2D eigenvalue weighted by molar-refractivity contribution is 7.92. The third-order valence-corrected chi connectivity index (χ3v) is 10.6. The molecule has 3 N–H and O–H groups in total. The number of amidine groups is 1. The van der Waals surface area contributed by atoms with Crippen molar-refractivity contribution in [1.29, 1.82) is 0 Å². The Hall–Kier alpha value is -2.60. The first-order valence-electron chi connectivity index (χ1n) is 13.0. The van der Waals surface area contributed by atoms with Crippen LogP contribution in [0.5, 0.6) is 0 Å². The summed E-state index contributed by atoms with van der Waals surface area (Å²) in [6, 6.07) is 4.01. The summed E-state index contributed by atoms with van der Waals surface area (Å²) in [5.41, 5.74) is 0.202. The molecule has 2 aliphatic heterocycles. The molecular formula is C25H32N4O6S2. The lowest BCUT2D eigenvalue weighted by molar-refractivity contribution is -0.134. The molecule has 200 valence electrons. The van der Waals surface area contributed by atoms with Crippen LogP contribution in [0.3, 0.4) is 0 Å². The van der Waals surface area contributed by atoms with E-state index in [1.165, 1.54) is 24.6 Å². The highest BCUT2D eigenvalue weighted by atomic mass is 32.2. The molecule has 12 heteroatoms. The summed E-state index contributed by atoms with van der Waals surface area (Å²) in [4.78, 5) is 15.7. The van der Waals surface area contributed by atoms with Crippen LogP contribution >= 0.6 is 0 Å². The Kier molecular flexibility index (Phi) is 5.83. The summed E-state index contributed by atoms with van der Waals surface area (Å²) in [6.07, 6.45) is 9.66. The first-order valence-corrected chi connectivity index (χ1v) is 16.3. The zero-order chi connectivity index (χ0) is 26.1. The van der Waals surface area contributed by atoms with Crippen molar-refractivity contribution in [3.05, 3.63) is 29.5 Å². The van der Waals surface area contributed by atoms with Crippen molar-refractivity contribution >= 4 is 43.2 Å². The molecule has 5 aliphatic rings. The van der Waals surface area contributed by atoms with Crippen LogP contribution in [0.2, 0.25) is 0 Å². The molecule has 1 aromatic rings. The molecule has 0 unspecified atom stereocenters. The zero-order valence-electron chi connectivity index (χ0n) is 20.7. The van der Waals surface area contributed by atoms with Gasteiger partial charge in [0.05, 0.1) is 11.9 Å². The molecule has 0 radical (unpaired) electrons. The zero-order valence-corrected chi connectivity index (χ0v) is 22.3. The van der Waals surface area contributed by atoms with Gasteiger partial charge in [-0.05, 0) is 68.1 Å². The molecule has 2 heterocycles. The summed E-state index contributed by atoms with van der Waals surface area (Å²) in [5, 5.41) is 14.4. The van der Waals surface area contributed by atoms with Gasteiger partial charge in [0.1, 0.15) is 16.2 Å². The van der Waals surface area contributed by atoms with Gasteiger partial charge in [0.25, 0.3) is 15.9 Å². The van der Waals surface area contributed by atoms with Crippen molar-refractivity contribution in [3.63, 3.8) is 0 Å². The number of aliphatic hydroxyl groups excluding tert-OH is 1. The van der Waals surface area contributed by atoms with Gasteiger partial charge in [-0.25, -0.2) is 8.42 Å². The Morgan fingerprint density at radius 2 is 1.86 bits per heavy atom. The van der Waals surface area contributed by atoms with Crippen LogP contribution < -0.4 is 10.0 Å². The van der Waals surface area contributed by atoms with Crippen molar-refractivity contribution in [3.8, 4) is 0 Å². The lowest BCUT2D eigenvalue weighted by Crippen LogP contribution is -2.55. The van der Waals surface area contributed by atoms with E-state index >= 15 is 0 Å². The molecule has 0 spiro atoms. The van der Waals surface area contributed by atoms with Gasteiger partial charge in [-0.15, -0.1) is 4.40 Å². The van der Waals surface area contributed by atoms with Crippen molar-refractivity contribution in [2.75, 3.05) is 22.8 Å². The van der Waals surface area contributed by atoms with Crippen molar-refractivity contribution < 1.29 is 26.7 Å². The van der Waals surface area contributed by atoms with E-state index in [1.807, 2.05) is 4.90 Å². The number of rotatable bonds is 5. The highest BCUT2D eigenvalue weighted by Gasteiger charge is 2.57. The third-order valence-electron chi connectivity index (χ3n) is 8.72. The number of hydrogen-bond donors (Lipinski definition) is 3. The predicted molar refractivity (Wildman–Crippen MR) is 139 cm³/mol. The molecule has 0 aromatic heterocycles. The second-order valence-electron chi connectivity index (χ2n) is 11.2. The minimum atomic E-state index is -4.27. The third kappa shape index (κ3) is 4.31. The molecule has 3 aliphatic carbocycles. The van der Waals surface area contributed by atoms with Crippen molar-refractivity contribution in [2.45, 2.75) is 62.3 Å². The minimum Gasteiger partial charge on any atom is -0.511 e. The monoisotopic (exact) mass is 548 g/mol. The van der Waals surface area contributed by atoms with Crippen molar-refractivity contribution in [2.24, 2.45) is 28.1 Å². The van der Waals surface area contributed by atoms with E-state index in [1.54, 1.807) is 0 Å². The lowest BCUT2D eigenvalue weighted by atomic mass is 9.77. The van der Waals surface area contributed by atoms with Crippen LogP contribution in [0.15, 0.2) is 38.8 Å². The van der Waals surface area contributed by atoms with Crippen LogP contribution in [0.25, 0.3) is 0 Å². The molecular weight excluding hydrogens is 516 g/mol. The van der Waals surface area contributed by atoms with Crippen LogP contribution in [0.1, 0.15) is 51.4 Å². The Morgan fingerprint density at radius 1 is 1.14 bits per heavy atom. The van der Waals surface area contributed by atoms with E-state index in [9.17, 15) is 26.7 Å². The first-order chi connectivity index (χ1) is 17.5. The largest absolute Gasteiger partial charge is 0.511 e. The Labute approximate surface area is 217 Å². The Balaban J connectivity index is 1.38. The quantitative estimate of drug-likeness (QED) is 0.512. The van der Waals surface area contributed by atoms with Gasteiger partial charge >= 0.3 is 0 Å². The predicted octanol–water partition coefficient (Wildman–Crippen LogP) is 3.22. The average molecular weight is 549 g/mol. The van der Waals surface area contributed by atoms with Gasteiger partial charge in [0.2, 0.25) is 10.0 Å². The molecule has 37 heavy (non-hydrogen) atoms. The number of carbonyl (C=O) groups is 1. The van der Waals surface area contributed by atoms with Gasteiger partial charge in [0, 0.05) is 24.2 Å². The summed E-state index contributed by atoms with van der Waals surface area (Å²) in [7, 11) is -7.87. The van der Waals surface area contributed by atoms with Crippen LogP contribution in [-0.4, -0.2) is 57.4 Å². The van der Waals surface area contributed by atoms with E-state index in [4.69, 9.17) is 0 Å². The number of fused-ring (bicyclic) bond motifs is 6. The summed E-state index contributed by atoms with van der Waals surface area (Å²) >= 11 is 0. The summed E-state index contributed by atoms with van der Waals surface area (Å²) in [5.74, 6) is 0.242. The van der Waals surface area contributed by atoms with Crippen LogP contribution in [0.4, 0.5) is 11.4 Å². The molecule has 1 aromatic carbocycles. The maximum atomic E-state index is 14.0. The topological polar surface area (TPSA) is 145 Å². The van der Waals surface area contributed by atoms with Gasteiger partial charge in [0.15, 0.2) is 5.84 Å². The number of nitrogens with zero attached hydrogens (tertiary/aromatic N) is 2. The van der Waals surface area contributed by atoms with Gasteiger partial charge in [-0.3, -0.25) is 9.52 Å². The van der Waals surface area contributed by atoms with Gasteiger partial charge in [-0.2, -0.15) is 8.42 Å². The van der Waals surface area contributed by atoms with Crippen LogP contribution in [-0.2, 0) is 24.8 Å². The van der Waals surface area contributed by atoms with E-state index in [2.05, 4.69) is 14.4 Å². The molecule has 3 fully saturated rings. The number of nitrogens with one attached hydrogen (secondary N) is 2. The maximum Gasteiger partial charge on any atom is 0.286 e. The highest BCUT2D eigenvalue weighted by Crippen LogP contribution is 2.55. The standard InChI is InChI=1S/C25H32N4O6S2/c1-36(32,33)27-17-9-10-18-19(12-17)37(34,35)28-24(26-18)21-23(30)20-15-7-8-16(11-15)22(20)29(25(21)31)13-14-5-3-2-4-6-14/h9-10,12,14-16,20,22,27,30H,2-8,11,13H2,1H3,(H,26,28)/t15-,16+,20+,22-/m0/s1. The minimum absolute atomic E-state index is 0.0466. The molecule has 2 bridgehead atoms. The van der Waals surface area contributed by atoms with E-state index in [-0.39, 0.29) is 57.2 Å². The summed E-state index contributed by atoms with van der Waals surface area (Å²) < 4.78 is 55.7. The van der Waals surface area contributed by atoms with Crippen LogP contribution in [0, 0.1) is 23.7 Å². The average Bonchev–Trinajstić information content (AvgIpc) is 3.44. The number of anilines is 2. The second kappa shape index (κ2) is 8.72. The Bertz CT molecular complexity index is 1430. The van der Waals surface area contributed by atoms with E-state index < -0.39 is 20.0 Å². The smallest absolute Gasteiger partial charge is 0.286 e. The number of benzene rings is 1. The SMILES string of the molecule is CS(=O)(=O)Nc1ccc2c(c1)S(=O)(=O)N=C(C1=C(O)[C@@H]3[C@H]4CC[C@H](C4)[C@@H]3N(CC3CCCCC3)C1=O)N2. The fraction of sp³-hybridized carbons (Fsp3) is 0.600. The first kappa shape index (κ1) is 24.7. The van der Waals surface area contributed by atoms with Crippen molar-refractivity contribution in [1.82, 2.24) is 4.90 Å². The molecule has 4 atom stereocenters. The molecule has 0 saturated heterocycles. The normalized spacial score (nSPS) is 31.0. The van der Waals surface area contributed by atoms with Gasteiger partial charge < -0.3 is 15.3 Å². The Morgan fingerprint density at radius 3 is 2.59 bits per heavy atom. The van der Waals surface area contributed by atoms with E-state index in [0.29, 0.717) is 18.4 Å². The number of sulfonamides is 2. The number of carbonyl (C=O) groups excluding carboxylic acids is 1. The fourth-order valence-electron chi connectivity index (χ4n) is 7.27. The molecule has 1 amide bonds. The fourth-order valence-corrected chi connectivity index (χ4v) is 8.97. The number of amides is 1. The second-order valence-corrected chi connectivity index (χ2v) is 14.5. The molecule has 10 nitrogen and oxygen atoms in total. The molecule has 6 rings (SSSR count). The number of hydrogen-bond acceptors (Lipinski definition) is 7. The number of aliphatic hydroxyl groups is 1. The summed E-state index contributed by atoms with van der Waals surface area (Å²) in [6.45, 7) is 0.622. The van der Waals surface area contributed by atoms with E-state index in [0.717, 1.165) is 51.2 Å².